The fourth-order valence-corrected chi connectivity index (χ4v) is 2.75. The van der Waals surface area contributed by atoms with Gasteiger partial charge in [-0.05, 0) is 60.7 Å². The monoisotopic (exact) mass is 336 g/mol. The Kier molecular flexibility index (Phi) is 4.91. The average Bonchev–Trinajstić information content (AvgIpc) is 2.42. The highest BCUT2D eigenvalue weighted by molar-refractivity contribution is 9.10. The zero-order chi connectivity index (χ0) is 14.7. The second-order valence-corrected chi connectivity index (χ2v) is 5.80. The number of nitrogens with two attached hydrogens (primary N) is 1. The Morgan fingerprint density at radius 3 is 2.65 bits per heavy atom. The molecule has 0 aromatic heterocycles. The molecular formula is C16H18BrFN2. The molecule has 1 atom stereocenters. The predicted octanol–water partition coefficient (Wildman–Crippen LogP) is 3.95. The number of hydrogen-bond acceptors (Lipinski definition) is 2. The standard InChI is InChI=1S/C16H18BrFN2/c1-10-8-13(18)7-6-12(10)9-16(20-19)14-4-3-5-15(17)11(14)2/h3-8,16,20H,9,19H2,1-2H3. The molecule has 0 spiro atoms. The Balaban J connectivity index is 2.31. The highest BCUT2D eigenvalue weighted by atomic mass is 79.9. The second-order valence-electron chi connectivity index (χ2n) is 4.95. The molecule has 2 rings (SSSR count). The van der Waals surface area contributed by atoms with Crippen molar-refractivity contribution in [2.24, 2.45) is 5.84 Å². The highest BCUT2D eigenvalue weighted by Gasteiger charge is 2.15. The summed E-state index contributed by atoms with van der Waals surface area (Å²) in [5, 5.41) is 0. The van der Waals surface area contributed by atoms with Crippen LogP contribution < -0.4 is 11.3 Å². The topological polar surface area (TPSA) is 38.0 Å². The molecule has 3 N–H and O–H groups in total. The van der Waals surface area contributed by atoms with E-state index in [-0.39, 0.29) is 11.9 Å². The number of halogens is 2. The minimum Gasteiger partial charge on any atom is -0.271 e. The van der Waals surface area contributed by atoms with Gasteiger partial charge in [-0.15, -0.1) is 0 Å². The molecule has 2 nitrogen and oxygen atoms in total. The van der Waals surface area contributed by atoms with Crippen molar-refractivity contribution in [3.63, 3.8) is 0 Å². The maximum atomic E-state index is 13.2. The van der Waals surface area contributed by atoms with Crippen LogP contribution in [0.3, 0.4) is 0 Å². The van der Waals surface area contributed by atoms with E-state index in [0.717, 1.165) is 33.1 Å². The molecule has 0 radical (unpaired) electrons. The van der Waals surface area contributed by atoms with Gasteiger partial charge in [-0.3, -0.25) is 11.3 Å². The SMILES string of the molecule is Cc1cc(F)ccc1CC(NN)c1cccc(Br)c1C. The van der Waals surface area contributed by atoms with Gasteiger partial charge in [0.15, 0.2) is 0 Å². The van der Waals surface area contributed by atoms with Gasteiger partial charge in [0, 0.05) is 4.47 Å². The zero-order valence-corrected chi connectivity index (χ0v) is 13.2. The van der Waals surface area contributed by atoms with Crippen LogP contribution in [-0.2, 0) is 6.42 Å². The van der Waals surface area contributed by atoms with Gasteiger partial charge in [0.1, 0.15) is 5.82 Å². The summed E-state index contributed by atoms with van der Waals surface area (Å²) in [6.45, 7) is 3.97. The van der Waals surface area contributed by atoms with E-state index >= 15 is 0 Å². The first-order chi connectivity index (χ1) is 9.52. The third-order valence-electron chi connectivity index (χ3n) is 3.61. The molecule has 0 amide bonds. The lowest BCUT2D eigenvalue weighted by Crippen LogP contribution is -2.30. The van der Waals surface area contributed by atoms with E-state index in [1.165, 1.54) is 6.07 Å². The number of hydrogen-bond donors (Lipinski definition) is 2. The van der Waals surface area contributed by atoms with Gasteiger partial charge in [-0.1, -0.05) is 34.1 Å². The molecule has 0 aliphatic heterocycles. The fourth-order valence-electron chi connectivity index (χ4n) is 2.37. The van der Waals surface area contributed by atoms with Gasteiger partial charge in [0.2, 0.25) is 0 Å². The van der Waals surface area contributed by atoms with Crippen LogP contribution in [0, 0.1) is 19.7 Å². The van der Waals surface area contributed by atoms with Gasteiger partial charge in [-0.25, -0.2) is 4.39 Å². The minimum atomic E-state index is -0.206. The first-order valence-corrected chi connectivity index (χ1v) is 7.28. The van der Waals surface area contributed by atoms with Crippen molar-refractivity contribution in [3.05, 3.63) is 68.9 Å². The summed E-state index contributed by atoms with van der Waals surface area (Å²) in [5.74, 6) is 5.51. The zero-order valence-electron chi connectivity index (χ0n) is 11.6. The summed E-state index contributed by atoms with van der Waals surface area (Å²) in [5.41, 5.74) is 7.20. The number of rotatable bonds is 4. The fraction of sp³-hybridized carbons (Fsp3) is 0.250. The molecule has 106 valence electrons. The summed E-state index contributed by atoms with van der Waals surface area (Å²) >= 11 is 3.53. The maximum Gasteiger partial charge on any atom is 0.123 e. The number of benzene rings is 2. The first kappa shape index (κ1) is 15.2. The second kappa shape index (κ2) is 6.48. The van der Waals surface area contributed by atoms with Crippen LogP contribution in [-0.4, -0.2) is 0 Å². The normalized spacial score (nSPS) is 12.4. The lowest BCUT2D eigenvalue weighted by atomic mass is 9.94. The highest BCUT2D eigenvalue weighted by Crippen LogP contribution is 2.27. The van der Waals surface area contributed by atoms with Gasteiger partial charge in [-0.2, -0.15) is 0 Å². The molecule has 2 aromatic carbocycles. The largest absolute Gasteiger partial charge is 0.271 e. The van der Waals surface area contributed by atoms with E-state index in [1.807, 2.05) is 25.1 Å². The quantitative estimate of drug-likeness (QED) is 0.655. The lowest BCUT2D eigenvalue weighted by Gasteiger charge is -2.20. The van der Waals surface area contributed by atoms with Crippen LogP contribution in [0.1, 0.15) is 28.3 Å². The predicted molar refractivity (Wildman–Crippen MR) is 83.8 cm³/mol. The summed E-state index contributed by atoms with van der Waals surface area (Å²) in [6.07, 6.45) is 0.722. The molecular weight excluding hydrogens is 319 g/mol. The van der Waals surface area contributed by atoms with Crippen molar-refractivity contribution in [1.82, 2.24) is 5.43 Å². The molecule has 2 aromatic rings. The van der Waals surface area contributed by atoms with E-state index in [2.05, 4.69) is 34.3 Å². The average molecular weight is 337 g/mol. The van der Waals surface area contributed by atoms with Gasteiger partial charge >= 0.3 is 0 Å². The lowest BCUT2D eigenvalue weighted by molar-refractivity contribution is 0.546. The van der Waals surface area contributed by atoms with E-state index in [9.17, 15) is 4.39 Å². The number of hydrazine groups is 1. The van der Waals surface area contributed by atoms with Crippen LogP contribution in [0.15, 0.2) is 40.9 Å². The molecule has 0 aliphatic rings. The van der Waals surface area contributed by atoms with E-state index in [1.54, 1.807) is 6.07 Å². The van der Waals surface area contributed by atoms with Crippen LogP contribution in [0.2, 0.25) is 0 Å². The Morgan fingerprint density at radius 2 is 2.00 bits per heavy atom. The van der Waals surface area contributed by atoms with Crippen molar-refractivity contribution < 1.29 is 4.39 Å². The molecule has 0 fully saturated rings. The smallest absolute Gasteiger partial charge is 0.123 e. The molecule has 4 heteroatoms. The summed E-state index contributed by atoms with van der Waals surface area (Å²) in [6, 6.07) is 10.9. The van der Waals surface area contributed by atoms with Gasteiger partial charge in [0.25, 0.3) is 0 Å². The number of nitrogens with one attached hydrogen (secondary N) is 1. The Hall–Kier alpha value is -1.23. The van der Waals surface area contributed by atoms with Crippen LogP contribution in [0.25, 0.3) is 0 Å². The van der Waals surface area contributed by atoms with Crippen LogP contribution in [0.5, 0.6) is 0 Å². The van der Waals surface area contributed by atoms with Crippen molar-refractivity contribution in [2.75, 3.05) is 0 Å². The van der Waals surface area contributed by atoms with Crippen LogP contribution in [0.4, 0.5) is 4.39 Å². The summed E-state index contributed by atoms with van der Waals surface area (Å²) < 4.78 is 14.2. The maximum absolute atomic E-state index is 13.2. The molecule has 0 saturated carbocycles. The van der Waals surface area contributed by atoms with Crippen molar-refractivity contribution in [1.29, 1.82) is 0 Å². The molecule has 1 unspecified atom stereocenters. The van der Waals surface area contributed by atoms with Crippen molar-refractivity contribution in [2.45, 2.75) is 26.3 Å². The Labute approximate surface area is 127 Å². The third-order valence-corrected chi connectivity index (χ3v) is 4.47. The van der Waals surface area contributed by atoms with E-state index < -0.39 is 0 Å². The minimum absolute atomic E-state index is 0.00309. The number of aryl methyl sites for hydroxylation is 1. The molecule has 0 aliphatic carbocycles. The molecule has 20 heavy (non-hydrogen) atoms. The van der Waals surface area contributed by atoms with Gasteiger partial charge in [0.05, 0.1) is 6.04 Å². The van der Waals surface area contributed by atoms with Crippen molar-refractivity contribution in [3.8, 4) is 0 Å². The van der Waals surface area contributed by atoms with E-state index in [4.69, 9.17) is 5.84 Å². The summed E-state index contributed by atoms with van der Waals surface area (Å²) in [7, 11) is 0. The van der Waals surface area contributed by atoms with Crippen molar-refractivity contribution >= 4 is 15.9 Å². The summed E-state index contributed by atoms with van der Waals surface area (Å²) in [4.78, 5) is 0. The Bertz CT molecular complexity index is 613. The van der Waals surface area contributed by atoms with Crippen LogP contribution >= 0.6 is 15.9 Å². The first-order valence-electron chi connectivity index (χ1n) is 6.49. The van der Waals surface area contributed by atoms with Gasteiger partial charge < -0.3 is 0 Å². The van der Waals surface area contributed by atoms with E-state index in [0.29, 0.717) is 0 Å². The molecule has 0 heterocycles. The molecule has 0 bridgehead atoms. The molecule has 0 saturated heterocycles. The third kappa shape index (κ3) is 3.26. The Morgan fingerprint density at radius 1 is 1.25 bits per heavy atom.